The Hall–Kier alpha value is -2.00. The molecule has 0 fully saturated rings. The largest absolute Gasteiger partial charge is 0.497 e. The van der Waals surface area contributed by atoms with Gasteiger partial charge < -0.3 is 10.1 Å². The van der Waals surface area contributed by atoms with Gasteiger partial charge in [0.25, 0.3) is 0 Å². The second-order valence-corrected chi connectivity index (χ2v) is 5.51. The van der Waals surface area contributed by atoms with Gasteiger partial charge in [-0.2, -0.15) is 0 Å². The van der Waals surface area contributed by atoms with Crippen LogP contribution in [0.4, 0.5) is 0 Å². The van der Waals surface area contributed by atoms with E-state index in [0.29, 0.717) is 18.0 Å². The first-order valence-corrected chi connectivity index (χ1v) is 7.69. The van der Waals surface area contributed by atoms with Crippen molar-refractivity contribution in [2.24, 2.45) is 0 Å². The highest BCUT2D eigenvalue weighted by Crippen LogP contribution is 2.12. The zero-order valence-corrected chi connectivity index (χ0v) is 13.4. The fraction of sp³-hybridized carbons (Fsp3) is 0.278. The monoisotopic (exact) mass is 317 g/mol. The molecule has 22 heavy (non-hydrogen) atoms. The Bertz CT molecular complexity index is 593. The smallest absolute Gasteiger partial charge is 0.220 e. The molecule has 0 aliphatic heterocycles. The van der Waals surface area contributed by atoms with Gasteiger partial charge in [0.15, 0.2) is 0 Å². The molecule has 2 aromatic rings. The van der Waals surface area contributed by atoms with Crippen LogP contribution in [0.3, 0.4) is 0 Å². The van der Waals surface area contributed by atoms with Crippen molar-refractivity contribution in [3.8, 4) is 5.75 Å². The maximum atomic E-state index is 11.8. The predicted octanol–water partition coefficient (Wildman–Crippen LogP) is 3.64. The number of rotatable bonds is 7. The Balaban J connectivity index is 1.67. The molecular formula is C18H20ClNO2. The second-order valence-electron chi connectivity index (χ2n) is 5.07. The highest BCUT2D eigenvalue weighted by Gasteiger charge is 2.02. The van der Waals surface area contributed by atoms with Gasteiger partial charge in [-0.25, -0.2) is 0 Å². The van der Waals surface area contributed by atoms with Gasteiger partial charge in [-0.3, -0.25) is 4.79 Å². The zero-order valence-electron chi connectivity index (χ0n) is 12.6. The number of halogens is 1. The summed E-state index contributed by atoms with van der Waals surface area (Å²) in [5, 5.41) is 3.66. The van der Waals surface area contributed by atoms with Crippen LogP contribution in [0.2, 0.25) is 5.02 Å². The fourth-order valence-corrected chi connectivity index (χ4v) is 2.26. The number of amides is 1. The van der Waals surface area contributed by atoms with Gasteiger partial charge in [0.1, 0.15) is 5.75 Å². The normalized spacial score (nSPS) is 10.3. The van der Waals surface area contributed by atoms with Gasteiger partial charge >= 0.3 is 0 Å². The summed E-state index contributed by atoms with van der Waals surface area (Å²) in [5.41, 5.74) is 2.30. The van der Waals surface area contributed by atoms with Crippen molar-refractivity contribution in [2.75, 3.05) is 13.7 Å². The van der Waals surface area contributed by atoms with Crippen LogP contribution < -0.4 is 10.1 Å². The van der Waals surface area contributed by atoms with Crippen LogP contribution in [0.1, 0.15) is 17.5 Å². The van der Waals surface area contributed by atoms with E-state index >= 15 is 0 Å². The number of hydrogen-bond donors (Lipinski definition) is 1. The molecule has 0 aromatic heterocycles. The van der Waals surface area contributed by atoms with Gasteiger partial charge in [-0.1, -0.05) is 35.9 Å². The Kier molecular flexibility index (Phi) is 6.28. The van der Waals surface area contributed by atoms with Crippen LogP contribution in [-0.4, -0.2) is 19.6 Å². The molecule has 0 bridgehead atoms. The van der Waals surface area contributed by atoms with Crippen LogP contribution in [-0.2, 0) is 17.6 Å². The van der Waals surface area contributed by atoms with E-state index < -0.39 is 0 Å². The third-order valence-electron chi connectivity index (χ3n) is 3.45. The first kappa shape index (κ1) is 16.4. The second kappa shape index (κ2) is 8.44. The van der Waals surface area contributed by atoms with Crippen molar-refractivity contribution in [3.05, 3.63) is 64.7 Å². The SMILES string of the molecule is COc1ccc(CCNC(=O)CCc2ccc(Cl)cc2)cc1. The minimum atomic E-state index is 0.0726. The molecule has 0 radical (unpaired) electrons. The van der Waals surface area contributed by atoms with E-state index in [1.807, 2.05) is 48.5 Å². The lowest BCUT2D eigenvalue weighted by Crippen LogP contribution is -2.25. The summed E-state index contributed by atoms with van der Waals surface area (Å²) in [6.45, 7) is 0.645. The summed E-state index contributed by atoms with van der Waals surface area (Å²) in [4.78, 5) is 11.8. The average Bonchev–Trinajstić information content (AvgIpc) is 2.55. The lowest BCUT2D eigenvalue weighted by molar-refractivity contribution is -0.121. The van der Waals surface area contributed by atoms with Crippen molar-refractivity contribution in [2.45, 2.75) is 19.3 Å². The molecular weight excluding hydrogens is 298 g/mol. The topological polar surface area (TPSA) is 38.3 Å². The minimum Gasteiger partial charge on any atom is -0.497 e. The highest BCUT2D eigenvalue weighted by atomic mass is 35.5. The molecule has 2 aromatic carbocycles. The highest BCUT2D eigenvalue weighted by molar-refractivity contribution is 6.30. The van der Waals surface area contributed by atoms with Gasteiger partial charge in [-0.15, -0.1) is 0 Å². The van der Waals surface area contributed by atoms with E-state index in [-0.39, 0.29) is 5.91 Å². The molecule has 0 aliphatic rings. The number of carbonyl (C=O) groups is 1. The van der Waals surface area contributed by atoms with E-state index in [4.69, 9.17) is 16.3 Å². The summed E-state index contributed by atoms with van der Waals surface area (Å²) < 4.78 is 5.12. The lowest BCUT2D eigenvalue weighted by atomic mass is 10.1. The third kappa shape index (κ3) is 5.41. The number of methoxy groups -OCH3 is 1. The van der Waals surface area contributed by atoms with Crippen LogP contribution >= 0.6 is 11.6 Å². The molecule has 0 unspecified atom stereocenters. The quantitative estimate of drug-likeness (QED) is 0.846. The Morgan fingerprint density at radius 2 is 1.59 bits per heavy atom. The van der Waals surface area contributed by atoms with Crippen molar-refractivity contribution < 1.29 is 9.53 Å². The molecule has 0 saturated carbocycles. The first-order valence-electron chi connectivity index (χ1n) is 7.31. The molecule has 2 rings (SSSR count). The number of nitrogens with one attached hydrogen (secondary N) is 1. The molecule has 0 atom stereocenters. The summed E-state index contributed by atoms with van der Waals surface area (Å²) >= 11 is 5.83. The van der Waals surface area contributed by atoms with Gasteiger partial charge in [0.05, 0.1) is 7.11 Å². The number of hydrogen-bond acceptors (Lipinski definition) is 2. The number of benzene rings is 2. The predicted molar refractivity (Wildman–Crippen MR) is 89.5 cm³/mol. The van der Waals surface area contributed by atoms with Crippen molar-refractivity contribution in [3.63, 3.8) is 0 Å². The summed E-state index contributed by atoms with van der Waals surface area (Å²) in [6.07, 6.45) is 2.03. The van der Waals surface area contributed by atoms with E-state index in [9.17, 15) is 4.79 Å². The molecule has 1 amide bonds. The van der Waals surface area contributed by atoms with Gasteiger partial charge in [0, 0.05) is 18.0 Å². The maximum Gasteiger partial charge on any atom is 0.220 e. The molecule has 0 saturated heterocycles. The molecule has 116 valence electrons. The van der Waals surface area contributed by atoms with Crippen molar-refractivity contribution in [1.29, 1.82) is 0 Å². The molecule has 1 N–H and O–H groups in total. The summed E-state index contributed by atoms with van der Waals surface area (Å²) in [7, 11) is 1.65. The molecule has 0 aliphatic carbocycles. The van der Waals surface area contributed by atoms with E-state index in [1.54, 1.807) is 7.11 Å². The molecule has 3 nitrogen and oxygen atoms in total. The zero-order chi connectivity index (χ0) is 15.8. The number of ether oxygens (including phenoxy) is 1. The van der Waals surface area contributed by atoms with Crippen molar-refractivity contribution >= 4 is 17.5 Å². The Labute approximate surface area is 136 Å². The van der Waals surface area contributed by atoms with Gasteiger partial charge in [0.2, 0.25) is 5.91 Å². The minimum absolute atomic E-state index is 0.0726. The first-order chi connectivity index (χ1) is 10.7. The van der Waals surface area contributed by atoms with Crippen LogP contribution in [0.5, 0.6) is 5.75 Å². The van der Waals surface area contributed by atoms with E-state index in [0.717, 1.165) is 24.2 Å². The summed E-state index contributed by atoms with van der Waals surface area (Å²) in [6, 6.07) is 15.5. The number of carbonyl (C=O) groups excluding carboxylic acids is 1. The lowest BCUT2D eigenvalue weighted by Gasteiger charge is -2.06. The van der Waals surface area contributed by atoms with E-state index in [2.05, 4.69) is 5.32 Å². The maximum absolute atomic E-state index is 11.8. The van der Waals surface area contributed by atoms with Crippen LogP contribution in [0.15, 0.2) is 48.5 Å². The average molecular weight is 318 g/mol. The van der Waals surface area contributed by atoms with Crippen LogP contribution in [0, 0.1) is 0 Å². The Morgan fingerprint density at radius 1 is 1.00 bits per heavy atom. The third-order valence-corrected chi connectivity index (χ3v) is 3.70. The van der Waals surface area contributed by atoms with Crippen LogP contribution in [0.25, 0.3) is 0 Å². The molecule has 4 heteroatoms. The van der Waals surface area contributed by atoms with Gasteiger partial charge in [-0.05, 0) is 48.2 Å². The summed E-state index contributed by atoms with van der Waals surface area (Å²) in [5.74, 6) is 0.916. The molecule has 0 spiro atoms. The molecule has 0 heterocycles. The van der Waals surface area contributed by atoms with E-state index in [1.165, 1.54) is 5.56 Å². The van der Waals surface area contributed by atoms with Crippen molar-refractivity contribution in [1.82, 2.24) is 5.32 Å². The fourth-order valence-electron chi connectivity index (χ4n) is 2.14. The Morgan fingerprint density at radius 3 is 2.23 bits per heavy atom. The number of aryl methyl sites for hydroxylation is 1. The standard InChI is InChI=1S/C18H20ClNO2/c1-22-17-9-4-15(5-10-17)12-13-20-18(21)11-6-14-2-7-16(19)8-3-14/h2-5,7-10H,6,11-13H2,1H3,(H,20,21).